The standard InChI is InChI=1S/C12H22N3O6/c1-7(18)11(8(2)19)15(6-17)10(20)4-14(15)12(21)9(5-16)13-3/h7,9,11,13,16-18H,4-6H2,1-3H3/q+1/t7-,9-,11-,15?/m0/s1. The predicted octanol–water partition coefficient (Wildman–Crippen LogP) is -3.04. The molecule has 0 aromatic rings. The van der Waals surface area contributed by atoms with Gasteiger partial charge >= 0.3 is 5.91 Å². The fraction of sp³-hybridized carbons (Fsp3) is 0.750. The summed E-state index contributed by atoms with van der Waals surface area (Å²) in [6, 6.07) is -2.22. The predicted molar refractivity (Wildman–Crippen MR) is 70.1 cm³/mol. The van der Waals surface area contributed by atoms with Crippen LogP contribution in [0, 0.1) is 0 Å². The van der Waals surface area contributed by atoms with Gasteiger partial charge in [0.25, 0.3) is 5.91 Å². The highest BCUT2D eigenvalue weighted by atomic mass is 16.3. The number of hydrogen-bond donors (Lipinski definition) is 4. The van der Waals surface area contributed by atoms with Gasteiger partial charge in [-0.3, -0.25) is 9.59 Å². The molecule has 0 saturated carbocycles. The van der Waals surface area contributed by atoms with Crippen molar-refractivity contribution in [3.63, 3.8) is 0 Å². The van der Waals surface area contributed by atoms with E-state index < -0.39 is 53.7 Å². The fourth-order valence-electron chi connectivity index (χ4n) is 2.71. The summed E-state index contributed by atoms with van der Waals surface area (Å²) in [5, 5.41) is 32.1. The van der Waals surface area contributed by atoms with Gasteiger partial charge in [-0.1, -0.05) is 0 Å². The number of aliphatic hydroxyl groups excluding tert-OH is 3. The van der Waals surface area contributed by atoms with Gasteiger partial charge in [0.2, 0.25) is 12.8 Å². The number of rotatable bonds is 7. The van der Waals surface area contributed by atoms with E-state index in [4.69, 9.17) is 5.11 Å². The van der Waals surface area contributed by atoms with Gasteiger partial charge in [0.1, 0.15) is 12.1 Å². The van der Waals surface area contributed by atoms with Crippen LogP contribution in [-0.4, -0.2) is 87.6 Å². The van der Waals surface area contributed by atoms with Gasteiger partial charge < -0.3 is 20.6 Å². The molecule has 1 saturated heterocycles. The highest BCUT2D eigenvalue weighted by Gasteiger charge is 2.64. The molecule has 1 heterocycles. The van der Waals surface area contributed by atoms with Crippen LogP contribution in [0.1, 0.15) is 13.8 Å². The maximum Gasteiger partial charge on any atom is 0.365 e. The number of nitrogens with one attached hydrogen (secondary N) is 1. The van der Waals surface area contributed by atoms with Crippen LogP contribution in [0.15, 0.2) is 0 Å². The molecular formula is C12H22N3O6+. The van der Waals surface area contributed by atoms with E-state index in [-0.39, 0.29) is 6.54 Å². The molecule has 1 fully saturated rings. The number of aliphatic hydroxyl groups is 3. The first-order valence-corrected chi connectivity index (χ1v) is 6.58. The van der Waals surface area contributed by atoms with Crippen LogP contribution in [-0.2, 0) is 14.4 Å². The SMILES string of the molecule is CN[C@@H](CO)C(=O)N1CC(=O)[N+]1(CO)[C@H](C(C)=O)[C@H](C)O. The lowest BCUT2D eigenvalue weighted by Crippen LogP contribution is -2.84. The summed E-state index contributed by atoms with van der Waals surface area (Å²) >= 11 is 0. The highest BCUT2D eigenvalue weighted by molar-refractivity contribution is 5.92. The van der Waals surface area contributed by atoms with Crippen LogP contribution >= 0.6 is 0 Å². The second kappa shape index (κ2) is 6.58. The minimum absolute atomic E-state index is 0.284. The molecule has 0 radical (unpaired) electrons. The third-order valence-corrected chi connectivity index (χ3v) is 3.78. The second-order valence-corrected chi connectivity index (χ2v) is 5.08. The Morgan fingerprint density at radius 1 is 1.43 bits per heavy atom. The van der Waals surface area contributed by atoms with E-state index in [2.05, 4.69) is 5.32 Å². The molecule has 0 bridgehead atoms. The quantitative estimate of drug-likeness (QED) is 0.368. The van der Waals surface area contributed by atoms with Crippen LogP contribution in [0.5, 0.6) is 0 Å². The number of quaternary nitrogens is 1. The number of carbonyl (C=O) groups is 3. The summed E-state index contributed by atoms with van der Waals surface area (Å²) in [6.45, 7) is 0.904. The normalized spacial score (nSPS) is 26.0. The summed E-state index contributed by atoms with van der Waals surface area (Å²) in [6.07, 6.45) is -1.23. The zero-order valence-corrected chi connectivity index (χ0v) is 12.3. The van der Waals surface area contributed by atoms with Gasteiger partial charge in [-0.2, -0.15) is 5.01 Å². The van der Waals surface area contributed by atoms with Gasteiger partial charge in [-0.25, -0.2) is 4.79 Å². The van der Waals surface area contributed by atoms with Crippen LogP contribution in [0.3, 0.4) is 0 Å². The van der Waals surface area contributed by atoms with Crippen LogP contribution in [0.25, 0.3) is 0 Å². The first-order chi connectivity index (χ1) is 9.77. The number of hydrogen-bond acceptors (Lipinski definition) is 7. The third-order valence-electron chi connectivity index (χ3n) is 3.78. The summed E-state index contributed by atoms with van der Waals surface area (Å²) in [5.74, 6) is -1.69. The van der Waals surface area contributed by atoms with Crippen molar-refractivity contribution in [1.29, 1.82) is 0 Å². The molecular weight excluding hydrogens is 282 g/mol. The Hall–Kier alpha value is -1.39. The Morgan fingerprint density at radius 2 is 2.00 bits per heavy atom. The summed E-state index contributed by atoms with van der Waals surface area (Å²) in [5.41, 5.74) is 0. The fourth-order valence-corrected chi connectivity index (χ4v) is 2.71. The van der Waals surface area contributed by atoms with E-state index in [0.717, 1.165) is 5.01 Å². The molecule has 0 aromatic carbocycles. The maximum absolute atomic E-state index is 12.3. The number of Topliss-reactive ketones (excluding diaryl/α,β-unsaturated/α-hetero) is 1. The molecule has 9 nitrogen and oxygen atoms in total. The minimum atomic E-state index is -1.27. The van der Waals surface area contributed by atoms with Crippen molar-refractivity contribution in [2.24, 2.45) is 0 Å². The number of carbonyl (C=O) groups excluding carboxylic acids is 3. The molecule has 2 amide bonds. The van der Waals surface area contributed by atoms with Crippen molar-refractivity contribution in [2.75, 3.05) is 26.9 Å². The van der Waals surface area contributed by atoms with Crippen molar-refractivity contribution >= 4 is 17.6 Å². The molecule has 0 spiro atoms. The van der Waals surface area contributed by atoms with E-state index in [1.54, 1.807) is 0 Å². The summed E-state index contributed by atoms with van der Waals surface area (Å²) in [4.78, 5) is 36.1. The zero-order valence-electron chi connectivity index (χ0n) is 12.3. The molecule has 4 atom stereocenters. The molecule has 1 aliphatic rings. The van der Waals surface area contributed by atoms with E-state index in [1.165, 1.54) is 20.9 Å². The number of ketones is 1. The Balaban J connectivity index is 3.21. The van der Waals surface area contributed by atoms with Crippen molar-refractivity contribution < 1.29 is 34.3 Å². The van der Waals surface area contributed by atoms with Gasteiger partial charge in [-0.05, 0) is 14.0 Å². The number of nitrogens with zero attached hydrogens (tertiary/aromatic N) is 2. The first kappa shape index (κ1) is 17.7. The van der Waals surface area contributed by atoms with Crippen molar-refractivity contribution in [3.8, 4) is 0 Å². The second-order valence-electron chi connectivity index (χ2n) is 5.08. The maximum atomic E-state index is 12.3. The molecule has 1 unspecified atom stereocenters. The monoisotopic (exact) mass is 304 g/mol. The van der Waals surface area contributed by atoms with E-state index in [0.29, 0.717) is 0 Å². The lowest BCUT2D eigenvalue weighted by molar-refractivity contribution is -1.01. The van der Waals surface area contributed by atoms with Gasteiger partial charge in [0, 0.05) is 6.92 Å². The minimum Gasteiger partial charge on any atom is -0.394 e. The number of likely N-dealkylation sites (N-methyl/N-ethyl adjacent to an activating group) is 1. The lowest BCUT2D eigenvalue weighted by atomic mass is 10.0. The highest BCUT2D eigenvalue weighted by Crippen LogP contribution is 2.31. The Morgan fingerprint density at radius 3 is 2.29 bits per heavy atom. The van der Waals surface area contributed by atoms with Crippen LogP contribution in [0.4, 0.5) is 0 Å². The van der Waals surface area contributed by atoms with E-state index in [1.807, 2.05) is 0 Å². The van der Waals surface area contributed by atoms with Gasteiger partial charge in [-0.15, -0.1) is 4.59 Å². The van der Waals surface area contributed by atoms with Gasteiger partial charge in [0.05, 0.1) is 6.61 Å². The van der Waals surface area contributed by atoms with Crippen molar-refractivity contribution in [2.45, 2.75) is 32.0 Å². The molecule has 120 valence electrons. The van der Waals surface area contributed by atoms with Crippen molar-refractivity contribution in [1.82, 2.24) is 10.3 Å². The smallest absolute Gasteiger partial charge is 0.365 e. The Labute approximate surface area is 122 Å². The number of amides is 2. The topological polar surface area (TPSA) is 127 Å². The average molecular weight is 304 g/mol. The zero-order chi connectivity index (χ0) is 16.4. The Bertz CT molecular complexity index is 437. The van der Waals surface area contributed by atoms with Gasteiger partial charge in [0.15, 0.2) is 12.3 Å². The molecule has 9 heteroatoms. The molecule has 0 aromatic heterocycles. The summed E-state index contributed by atoms with van der Waals surface area (Å²) in [7, 11) is 1.46. The van der Waals surface area contributed by atoms with Crippen molar-refractivity contribution in [3.05, 3.63) is 0 Å². The first-order valence-electron chi connectivity index (χ1n) is 6.58. The Kier molecular flexibility index (Phi) is 5.54. The molecule has 21 heavy (non-hydrogen) atoms. The molecule has 1 rings (SSSR count). The van der Waals surface area contributed by atoms with E-state index >= 15 is 0 Å². The molecule has 4 N–H and O–H groups in total. The van der Waals surface area contributed by atoms with Crippen LogP contribution in [0.2, 0.25) is 0 Å². The van der Waals surface area contributed by atoms with E-state index in [9.17, 15) is 24.6 Å². The average Bonchev–Trinajstić information content (AvgIpc) is 2.41. The largest absolute Gasteiger partial charge is 0.394 e. The molecule has 0 aliphatic carbocycles. The summed E-state index contributed by atoms with van der Waals surface area (Å²) < 4.78 is -0.954. The lowest BCUT2D eigenvalue weighted by Gasteiger charge is -2.52. The van der Waals surface area contributed by atoms with Crippen LogP contribution < -0.4 is 5.32 Å². The molecule has 1 aliphatic heterocycles. The third kappa shape index (κ3) is 2.70.